The Hall–Kier alpha value is -4.15. The third-order valence-corrected chi connectivity index (χ3v) is 6.73. The van der Waals surface area contributed by atoms with Gasteiger partial charge in [0.2, 0.25) is 0 Å². The summed E-state index contributed by atoms with van der Waals surface area (Å²) in [6.45, 7) is 7.80. The standard InChI is InChI=1S/C26H27FN6O4/c1-14-22(28-12-31(14)5)16-8-20-24(33-13-29-30-23(16)33)32(25(34)37-26(2,3)4)9-17-18(27)6-7-19-21(17)15(10-35-19)11-36-20/h6-8,12-13,15H,9-11H2,1-5H3/t15-/m1/s1. The maximum absolute atomic E-state index is 15.3. The van der Waals surface area contributed by atoms with Gasteiger partial charge in [0.05, 0.1) is 43.3 Å². The van der Waals surface area contributed by atoms with Crippen LogP contribution in [-0.4, -0.2) is 49.1 Å². The summed E-state index contributed by atoms with van der Waals surface area (Å²) in [4.78, 5) is 19.6. The molecule has 0 N–H and O–H groups in total. The second-order valence-corrected chi connectivity index (χ2v) is 10.4. The predicted octanol–water partition coefficient (Wildman–Crippen LogP) is 4.39. The first-order chi connectivity index (χ1) is 17.6. The fourth-order valence-electron chi connectivity index (χ4n) is 4.90. The number of fused-ring (bicyclic) bond motifs is 3. The van der Waals surface area contributed by atoms with Crippen LogP contribution >= 0.6 is 0 Å². The van der Waals surface area contributed by atoms with Crippen LogP contribution in [0.5, 0.6) is 11.5 Å². The van der Waals surface area contributed by atoms with Crippen LogP contribution in [0.2, 0.25) is 0 Å². The van der Waals surface area contributed by atoms with Gasteiger partial charge in [0.15, 0.2) is 17.2 Å². The molecule has 4 aromatic rings. The molecule has 0 saturated heterocycles. The molecule has 0 saturated carbocycles. The average molecular weight is 507 g/mol. The molecule has 0 fully saturated rings. The molecule has 1 amide bonds. The number of amides is 1. The Morgan fingerprint density at radius 1 is 1.16 bits per heavy atom. The van der Waals surface area contributed by atoms with Crippen LogP contribution in [0, 0.1) is 12.7 Å². The number of rotatable bonds is 1. The molecule has 0 radical (unpaired) electrons. The number of pyridine rings is 1. The van der Waals surface area contributed by atoms with Crippen LogP contribution in [0.25, 0.3) is 16.9 Å². The molecule has 0 aliphatic carbocycles. The number of nitrogens with zero attached hydrogens (tertiary/aromatic N) is 6. The second kappa shape index (κ2) is 8.19. The second-order valence-electron chi connectivity index (χ2n) is 10.4. The molecule has 37 heavy (non-hydrogen) atoms. The van der Waals surface area contributed by atoms with E-state index in [4.69, 9.17) is 14.2 Å². The van der Waals surface area contributed by atoms with Crippen molar-refractivity contribution < 1.29 is 23.4 Å². The van der Waals surface area contributed by atoms with Crippen molar-refractivity contribution in [2.45, 2.75) is 45.8 Å². The zero-order valence-corrected chi connectivity index (χ0v) is 21.3. The number of carbonyl (C=O) groups excluding carboxylic acids is 1. The summed E-state index contributed by atoms with van der Waals surface area (Å²) in [5.41, 5.74) is 3.13. The highest BCUT2D eigenvalue weighted by Crippen LogP contribution is 2.44. The first-order valence-corrected chi connectivity index (χ1v) is 12.0. The summed E-state index contributed by atoms with van der Waals surface area (Å²) in [5.74, 6) is 0.722. The first-order valence-electron chi connectivity index (χ1n) is 12.0. The number of hydrogen-bond donors (Lipinski definition) is 0. The molecular weight excluding hydrogens is 479 g/mol. The highest BCUT2D eigenvalue weighted by Gasteiger charge is 2.37. The Morgan fingerprint density at radius 3 is 2.62 bits per heavy atom. The summed E-state index contributed by atoms with van der Waals surface area (Å²) in [7, 11) is 1.91. The van der Waals surface area contributed by atoms with Crippen molar-refractivity contribution in [3.8, 4) is 22.8 Å². The minimum atomic E-state index is -0.781. The van der Waals surface area contributed by atoms with E-state index >= 15 is 4.39 Å². The van der Waals surface area contributed by atoms with Gasteiger partial charge in [-0.15, -0.1) is 10.2 Å². The van der Waals surface area contributed by atoms with E-state index in [0.29, 0.717) is 46.3 Å². The maximum Gasteiger partial charge on any atom is 0.416 e. The lowest BCUT2D eigenvalue weighted by molar-refractivity contribution is 0.0574. The lowest BCUT2D eigenvalue weighted by Gasteiger charge is -2.29. The van der Waals surface area contributed by atoms with Crippen LogP contribution < -0.4 is 14.4 Å². The highest BCUT2D eigenvalue weighted by molar-refractivity contribution is 5.92. The summed E-state index contributed by atoms with van der Waals surface area (Å²) in [6, 6.07) is 4.80. The Labute approximate surface area is 212 Å². The SMILES string of the molecule is Cc1c(-c2cc3c(n4cnnc24)N(C(=O)OC(C)(C)C)Cc2c(F)ccc4c2[C@H](CO4)CO3)ncn1C. The van der Waals surface area contributed by atoms with Crippen molar-refractivity contribution in [1.29, 1.82) is 0 Å². The third-order valence-electron chi connectivity index (χ3n) is 6.73. The van der Waals surface area contributed by atoms with Crippen molar-refractivity contribution in [2.75, 3.05) is 18.1 Å². The number of aromatic nitrogens is 5. The zero-order valence-electron chi connectivity index (χ0n) is 21.3. The smallest absolute Gasteiger partial charge is 0.416 e. The van der Waals surface area contributed by atoms with Crippen LogP contribution in [-0.2, 0) is 18.3 Å². The number of ether oxygens (including phenoxy) is 3. The van der Waals surface area contributed by atoms with Crippen LogP contribution in [0.1, 0.15) is 43.5 Å². The van der Waals surface area contributed by atoms with Gasteiger partial charge < -0.3 is 18.8 Å². The van der Waals surface area contributed by atoms with Gasteiger partial charge in [-0.2, -0.15) is 0 Å². The summed E-state index contributed by atoms with van der Waals surface area (Å²) in [5, 5.41) is 8.47. The average Bonchev–Trinajstić information content (AvgIpc) is 3.55. The van der Waals surface area contributed by atoms with Gasteiger partial charge in [0.25, 0.3) is 0 Å². The lowest BCUT2D eigenvalue weighted by Crippen LogP contribution is -2.38. The van der Waals surface area contributed by atoms with Crippen molar-refractivity contribution in [1.82, 2.24) is 24.1 Å². The van der Waals surface area contributed by atoms with E-state index in [1.54, 1.807) is 37.6 Å². The Balaban J connectivity index is 1.61. The lowest BCUT2D eigenvalue weighted by atomic mass is 9.95. The molecule has 1 atom stereocenters. The third kappa shape index (κ3) is 3.76. The molecule has 2 aliphatic heterocycles. The monoisotopic (exact) mass is 506 g/mol. The number of carbonyl (C=O) groups is 1. The molecule has 2 aliphatic rings. The van der Waals surface area contributed by atoms with E-state index < -0.39 is 17.5 Å². The number of anilines is 1. The Kier molecular flexibility index (Phi) is 5.15. The van der Waals surface area contributed by atoms with E-state index in [0.717, 1.165) is 11.4 Å². The van der Waals surface area contributed by atoms with Gasteiger partial charge in [-0.3, -0.25) is 9.30 Å². The molecule has 192 valence electrons. The quantitative estimate of drug-likeness (QED) is 0.378. The minimum Gasteiger partial charge on any atom is -0.493 e. The summed E-state index contributed by atoms with van der Waals surface area (Å²) in [6.07, 6.45) is 2.59. The molecule has 3 aromatic heterocycles. The van der Waals surface area contributed by atoms with Crippen LogP contribution in [0.15, 0.2) is 30.9 Å². The fraction of sp³-hybridized carbons (Fsp3) is 0.385. The Bertz CT molecular complexity index is 1550. The molecule has 0 bridgehead atoms. The molecule has 0 spiro atoms. The van der Waals surface area contributed by atoms with Crippen molar-refractivity contribution >= 4 is 17.6 Å². The minimum absolute atomic E-state index is 0.0879. The zero-order chi connectivity index (χ0) is 26.1. The first kappa shape index (κ1) is 23.3. The van der Waals surface area contributed by atoms with E-state index in [1.165, 1.54) is 17.3 Å². The summed E-state index contributed by atoms with van der Waals surface area (Å²) < 4.78 is 36.9. The van der Waals surface area contributed by atoms with Gasteiger partial charge >= 0.3 is 6.09 Å². The number of hydrogen-bond acceptors (Lipinski definition) is 7. The molecule has 11 heteroatoms. The molecule has 10 nitrogen and oxygen atoms in total. The van der Waals surface area contributed by atoms with Gasteiger partial charge in [0, 0.05) is 23.9 Å². The number of benzene rings is 1. The van der Waals surface area contributed by atoms with Crippen molar-refractivity contribution in [2.24, 2.45) is 7.05 Å². The molecular formula is C26H27FN6O4. The van der Waals surface area contributed by atoms with E-state index in [1.807, 2.05) is 24.6 Å². The number of aryl methyl sites for hydroxylation is 1. The van der Waals surface area contributed by atoms with Crippen molar-refractivity contribution in [3.05, 3.63) is 53.5 Å². The van der Waals surface area contributed by atoms with Crippen molar-refractivity contribution in [3.63, 3.8) is 0 Å². The summed E-state index contributed by atoms with van der Waals surface area (Å²) >= 11 is 0. The number of imidazole rings is 1. The molecule has 6 rings (SSSR count). The van der Waals surface area contributed by atoms with E-state index in [2.05, 4.69) is 15.2 Å². The van der Waals surface area contributed by atoms with Crippen LogP contribution in [0.4, 0.5) is 15.0 Å². The van der Waals surface area contributed by atoms with E-state index in [-0.39, 0.29) is 19.1 Å². The largest absolute Gasteiger partial charge is 0.493 e. The Morgan fingerprint density at radius 2 is 1.92 bits per heavy atom. The fourth-order valence-corrected chi connectivity index (χ4v) is 4.90. The normalized spacial score (nSPS) is 16.8. The van der Waals surface area contributed by atoms with Crippen LogP contribution in [0.3, 0.4) is 0 Å². The molecule has 5 heterocycles. The molecule has 0 unspecified atom stereocenters. The van der Waals surface area contributed by atoms with Gasteiger partial charge in [-0.05, 0) is 45.9 Å². The predicted molar refractivity (Wildman–Crippen MR) is 132 cm³/mol. The number of halogens is 1. The van der Waals surface area contributed by atoms with Gasteiger partial charge in [-0.25, -0.2) is 14.2 Å². The van der Waals surface area contributed by atoms with Gasteiger partial charge in [-0.1, -0.05) is 0 Å². The molecule has 1 aromatic carbocycles. The van der Waals surface area contributed by atoms with E-state index in [9.17, 15) is 4.79 Å². The highest BCUT2D eigenvalue weighted by atomic mass is 19.1. The topological polar surface area (TPSA) is 96.0 Å². The van der Waals surface area contributed by atoms with Gasteiger partial charge in [0.1, 0.15) is 23.5 Å². The maximum atomic E-state index is 15.3.